The maximum atomic E-state index is 12.2. The Labute approximate surface area is 131 Å². The van der Waals surface area contributed by atoms with E-state index in [4.69, 9.17) is 5.73 Å². The number of halogens is 1. The quantitative estimate of drug-likeness (QED) is 0.666. The molecule has 114 valence electrons. The number of hydrogen-bond acceptors (Lipinski definition) is 4. The standard InChI is InChI=1S/C14H18BrN3O3/c1-2-17-13(19)5-3-4-11(16)14(17)10-7-6-9(15)8-12(10)18(20)21/h6-8,11,14H,2-5,16H2,1H3. The van der Waals surface area contributed by atoms with E-state index in [1.807, 2.05) is 6.92 Å². The van der Waals surface area contributed by atoms with Gasteiger partial charge in [-0.1, -0.05) is 15.9 Å². The van der Waals surface area contributed by atoms with Gasteiger partial charge < -0.3 is 10.6 Å². The van der Waals surface area contributed by atoms with Crippen molar-refractivity contribution < 1.29 is 9.72 Å². The van der Waals surface area contributed by atoms with Crippen LogP contribution in [-0.4, -0.2) is 28.3 Å². The summed E-state index contributed by atoms with van der Waals surface area (Å²) < 4.78 is 0.634. The van der Waals surface area contributed by atoms with Gasteiger partial charge in [-0.15, -0.1) is 0 Å². The Morgan fingerprint density at radius 1 is 1.52 bits per heavy atom. The second kappa shape index (κ2) is 6.53. The molecule has 0 bridgehead atoms. The van der Waals surface area contributed by atoms with Crippen LogP contribution in [0.3, 0.4) is 0 Å². The summed E-state index contributed by atoms with van der Waals surface area (Å²) >= 11 is 3.25. The number of nitro groups is 1. The predicted octanol–water partition coefficient (Wildman–Crippen LogP) is 2.76. The van der Waals surface area contributed by atoms with Gasteiger partial charge in [-0.25, -0.2) is 0 Å². The monoisotopic (exact) mass is 355 g/mol. The largest absolute Gasteiger partial charge is 0.334 e. The Bertz CT molecular complexity index is 564. The molecule has 2 atom stereocenters. The topological polar surface area (TPSA) is 89.5 Å². The molecule has 0 aromatic heterocycles. The summed E-state index contributed by atoms with van der Waals surface area (Å²) in [6.07, 6.45) is 1.85. The van der Waals surface area contributed by atoms with Crippen LogP contribution in [0.15, 0.2) is 22.7 Å². The Morgan fingerprint density at radius 3 is 2.86 bits per heavy atom. The van der Waals surface area contributed by atoms with Crippen LogP contribution in [0.2, 0.25) is 0 Å². The highest BCUT2D eigenvalue weighted by atomic mass is 79.9. The van der Waals surface area contributed by atoms with Crippen molar-refractivity contribution in [1.29, 1.82) is 0 Å². The van der Waals surface area contributed by atoms with Crippen molar-refractivity contribution in [1.82, 2.24) is 4.90 Å². The fourth-order valence-electron chi connectivity index (χ4n) is 2.87. The van der Waals surface area contributed by atoms with E-state index in [0.29, 0.717) is 29.4 Å². The lowest BCUT2D eigenvalue weighted by molar-refractivity contribution is -0.386. The second-order valence-corrected chi connectivity index (χ2v) is 6.06. The van der Waals surface area contributed by atoms with Gasteiger partial charge in [0.15, 0.2) is 0 Å². The number of rotatable bonds is 3. The molecule has 0 saturated carbocycles. The number of hydrogen-bond donors (Lipinski definition) is 1. The fourth-order valence-corrected chi connectivity index (χ4v) is 3.22. The van der Waals surface area contributed by atoms with Crippen molar-refractivity contribution in [2.24, 2.45) is 5.73 Å². The summed E-state index contributed by atoms with van der Waals surface area (Å²) in [5, 5.41) is 11.3. The lowest BCUT2D eigenvalue weighted by Crippen LogP contribution is -2.42. The highest BCUT2D eigenvalue weighted by Gasteiger charge is 2.35. The van der Waals surface area contributed by atoms with Gasteiger partial charge in [-0.05, 0) is 31.9 Å². The van der Waals surface area contributed by atoms with E-state index in [-0.39, 0.29) is 17.6 Å². The minimum absolute atomic E-state index is 0.00187. The highest BCUT2D eigenvalue weighted by Crippen LogP contribution is 2.36. The van der Waals surface area contributed by atoms with E-state index in [2.05, 4.69) is 15.9 Å². The predicted molar refractivity (Wildman–Crippen MR) is 82.8 cm³/mol. The van der Waals surface area contributed by atoms with Crippen molar-refractivity contribution in [3.8, 4) is 0 Å². The van der Waals surface area contributed by atoms with Crippen molar-refractivity contribution in [3.63, 3.8) is 0 Å². The minimum atomic E-state index is -0.446. The molecule has 1 fully saturated rings. The van der Waals surface area contributed by atoms with Crippen molar-refractivity contribution in [3.05, 3.63) is 38.3 Å². The number of likely N-dealkylation sites (N-methyl/N-ethyl adjacent to an activating group) is 1. The molecule has 1 aromatic carbocycles. The molecule has 2 unspecified atom stereocenters. The Hall–Kier alpha value is -1.47. The Morgan fingerprint density at radius 2 is 2.24 bits per heavy atom. The third-order valence-electron chi connectivity index (χ3n) is 3.84. The second-order valence-electron chi connectivity index (χ2n) is 5.14. The zero-order valence-corrected chi connectivity index (χ0v) is 13.4. The first kappa shape index (κ1) is 15.9. The number of benzene rings is 1. The van der Waals surface area contributed by atoms with Crippen LogP contribution in [0.4, 0.5) is 5.69 Å². The normalized spacial score (nSPS) is 23.0. The van der Waals surface area contributed by atoms with Crippen LogP contribution in [0.25, 0.3) is 0 Å². The summed E-state index contributed by atoms with van der Waals surface area (Å²) in [6, 6.07) is 4.16. The minimum Gasteiger partial charge on any atom is -0.334 e. The van der Waals surface area contributed by atoms with Crippen LogP contribution in [-0.2, 0) is 4.79 Å². The first-order valence-electron chi connectivity index (χ1n) is 6.94. The first-order valence-corrected chi connectivity index (χ1v) is 7.74. The molecule has 0 spiro atoms. The fraction of sp³-hybridized carbons (Fsp3) is 0.500. The molecule has 2 N–H and O–H groups in total. The molecular weight excluding hydrogens is 338 g/mol. The van der Waals surface area contributed by atoms with Crippen molar-refractivity contribution in [2.75, 3.05) is 6.54 Å². The molecule has 0 aliphatic carbocycles. The van der Waals surface area contributed by atoms with Gasteiger partial charge in [-0.3, -0.25) is 14.9 Å². The molecule has 1 saturated heterocycles. The molecule has 1 amide bonds. The third-order valence-corrected chi connectivity index (χ3v) is 4.33. The molecular formula is C14H18BrN3O3. The highest BCUT2D eigenvalue weighted by molar-refractivity contribution is 9.10. The van der Waals surface area contributed by atoms with Crippen LogP contribution in [0.1, 0.15) is 37.8 Å². The third kappa shape index (κ3) is 3.24. The summed E-state index contributed by atoms with van der Waals surface area (Å²) in [4.78, 5) is 24.8. The van der Waals surface area contributed by atoms with Gasteiger partial charge in [0.1, 0.15) is 0 Å². The number of amides is 1. The number of nitrogens with two attached hydrogens (primary N) is 1. The van der Waals surface area contributed by atoms with E-state index in [1.54, 1.807) is 17.0 Å². The van der Waals surface area contributed by atoms with Gasteiger partial charge in [0, 0.05) is 29.5 Å². The van der Waals surface area contributed by atoms with Gasteiger partial charge in [-0.2, -0.15) is 0 Å². The summed E-state index contributed by atoms with van der Waals surface area (Å²) in [5.41, 5.74) is 6.72. The molecule has 7 heteroatoms. The molecule has 2 rings (SSSR count). The average molecular weight is 356 g/mol. The number of carbonyl (C=O) groups excluding carboxylic acids is 1. The number of nitrogens with zero attached hydrogens (tertiary/aromatic N) is 2. The van der Waals surface area contributed by atoms with E-state index in [1.165, 1.54) is 6.07 Å². The van der Waals surface area contributed by atoms with Crippen LogP contribution < -0.4 is 5.73 Å². The molecule has 21 heavy (non-hydrogen) atoms. The smallest absolute Gasteiger partial charge is 0.275 e. The van der Waals surface area contributed by atoms with Crippen LogP contribution in [0.5, 0.6) is 0 Å². The van der Waals surface area contributed by atoms with Crippen molar-refractivity contribution >= 4 is 27.5 Å². The van der Waals surface area contributed by atoms with Gasteiger partial charge in [0.05, 0.1) is 16.5 Å². The summed E-state index contributed by atoms with van der Waals surface area (Å²) in [6.45, 7) is 2.36. The molecule has 6 nitrogen and oxygen atoms in total. The van der Waals surface area contributed by atoms with E-state index in [0.717, 1.165) is 6.42 Å². The molecule has 1 aliphatic heterocycles. The number of nitro benzene ring substituents is 1. The molecule has 0 radical (unpaired) electrons. The summed E-state index contributed by atoms with van der Waals surface area (Å²) in [5.74, 6) is 0.00710. The Balaban J connectivity index is 2.54. The van der Waals surface area contributed by atoms with Crippen LogP contribution in [0, 0.1) is 10.1 Å². The number of likely N-dealkylation sites (tertiary alicyclic amines) is 1. The number of carbonyl (C=O) groups is 1. The Kier molecular flexibility index (Phi) is 4.95. The SMILES string of the molecule is CCN1C(=O)CCCC(N)C1c1ccc(Br)cc1[N+](=O)[O-]. The average Bonchev–Trinajstić information content (AvgIpc) is 2.57. The lowest BCUT2D eigenvalue weighted by Gasteiger charge is -2.32. The van der Waals surface area contributed by atoms with Crippen LogP contribution >= 0.6 is 15.9 Å². The van der Waals surface area contributed by atoms with E-state index in [9.17, 15) is 14.9 Å². The molecule has 1 aromatic rings. The van der Waals surface area contributed by atoms with Gasteiger partial charge >= 0.3 is 0 Å². The lowest BCUT2D eigenvalue weighted by atomic mass is 9.95. The maximum absolute atomic E-state index is 12.2. The van der Waals surface area contributed by atoms with Gasteiger partial charge in [0.2, 0.25) is 5.91 Å². The van der Waals surface area contributed by atoms with Crippen molar-refractivity contribution in [2.45, 2.75) is 38.3 Å². The maximum Gasteiger partial charge on any atom is 0.275 e. The van der Waals surface area contributed by atoms with E-state index >= 15 is 0 Å². The zero-order valence-electron chi connectivity index (χ0n) is 11.8. The molecule has 1 heterocycles. The van der Waals surface area contributed by atoms with Gasteiger partial charge in [0.25, 0.3) is 5.69 Å². The van der Waals surface area contributed by atoms with E-state index < -0.39 is 11.0 Å². The first-order chi connectivity index (χ1) is 9.95. The molecule has 1 aliphatic rings. The zero-order chi connectivity index (χ0) is 15.6. The summed E-state index contributed by atoms with van der Waals surface area (Å²) in [7, 11) is 0.